The zero-order valence-electron chi connectivity index (χ0n) is 14.3. The van der Waals surface area contributed by atoms with Crippen molar-refractivity contribution in [3.05, 3.63) is 52.0 Å². The van der Waals surface area contributed by atoms with Crippen molar-refractivity contribution in [3.63, 3.8) is 0 Å². The first-order valence-corrected chi connectivity index (χ1v) is 9.93. The molecule has 1 aromatic carbocycles. The lowest BCUT2D eigenvalue weighted by Crippen LogP contribution is -2.37. The first-order valence-electron chi connectivity index (χ1n) is 9.12. The van der Waals surface area contributed by atoms with Crippen LogP contribution < -0.4 is 4.74 Å². The summed E-state index contributed by atoms with van der Waals surface area (Å²) in [6, 6.07) is 11.1. The number of halogens is 1. The Kier molecular flexibility index (Phi) is 5.34. The van der Waals surface area contributed by atoms with Crippen molar-refractivity contribution >= 4 is 11.3 Å². The molecule has 0 N–H and O–H groups in total. The summed E-state index contributed by atoms with van der Waals surface area (Å²) in [5.74, 6) is 0.102. The number of likely N-dealkylation sites (tertiary alicyclic amines) is 1. The molecule has 3 heterocycles. The Bertz CT molecular complexity index is 691. The molecule has 1 atom stereocenters. The fourth-order valence-electron chi connectivity index (χ4n) is 3.58. The zero-order valence-corrected chi connectivity index (χ0v) is 15.1. The molecule has 3 nitrogen and oxygen atoms in total. The molecule has 2 aliphatic rings. The molecule has 2 aliphatic heterocycles. The van der Waals surface area contributed by atoms with Gasteiger partial charge in [-0.3, -0.25) is 4.90 Å². The van der Waals surface area contributed by atoms with Crippen LogP contribution >= 0.6 is 11.3 Å². The van der Waals surface area contributed by atoms with E-state index in [0.717, 1.165) is 45.5 Å². The molecule has 2 saturated heterocycles. The third-order valence-corrected chi connectivity index (χ3v) is 6.14. The summed E-state index contributed by atoms with van der Waals surface area (Å²) in [4.78, 5) is 5.23. The molecule has 1 aromatic heterocycles. The highest BCUT2D eigenvalue weighted by Crippen LogP contribution is 2.34. The monoisotopic (exact) mass is 361 g/mol. The van der Waals surface area contributed by atoms with Gasteiger partial charge in [0.15, 0.2) is 11.6 Å². The van der Waals surface area contributed by atoms with Crippen LogP contribution in [-0.4, -0.2) is 30.7 Å². The summed E-state index contributed by atoms with van der Waals surface area (Å²) in [7, 11) is 0. The van der Waals surface area contributed by atoms with Gasteiger partial charge in [0.2, 0.25) is 0 Å². The summed E-state index contributed by atoms with van der Waals surface area (Å²) in [6.45, 7) is 3.87. The van der Waals surface area contributed by atoms with Gasteiger partial charge < -0.3 is 9.47 Å². The van der Waals surface area contributed by atoms with Gasteiger partial charge in [-0.25, -0.2) is 4.39 Å². The largest absolute Gasteiger partial charge is 0.487 e. The Balaban J connectivity index is 1.27. The standard InChI is InChI=1S/C20H24FNO2S/c21-17-4-1-2-5-18(17)24-15-9-11-22(12-10-15)14-16-7-8-20(25-16)19-6-3-13-23-19/h1-2,4-5,7-8,15,19H,3,6,9-14H2/t19-/m0/s1. The fraction of sp³-hybridized carbons (Fsp3) is 0.500. The van der Waals surface area contributed by atoms with E-state index in [0.29, 0.717) is 11.9 Å². The fourth-order valence-corrected chi connectivity index (χ4v) is 4.72. The number of hydrogen-bond donors (Lipinski definition) is 0. The van der Waals surface area contributed by atoms with Gasteiger partial charge in [0.25, 0.3) is 0 Å². The van der Waals surface area contributed by atoms with Gasteiger partial charge in [-0.1, -0.05) is 12.1 Å². The second-order valence-corrected chi connectivity index (χ2v) is 8.03. The molecule has 0 aliphatic carbocycles. The summed E-state index contributed by atoms with van der Waals surface area (Å²) in [5, 5.41) is 0. The topological polar surface area (TPSA) is 21.7 Å². The van der Waals surface area contributed by atoms with Crippen LogP contribution in [0.1, 0.15) is 41.5 Å². The number of nitrogens with zero attached hydrogens (tertiary/aromatic N) is 1. The van der Waals surface area contributed by atoms with Crippen molar-refractivity contribution in [2.24, 2.45) is 0 Å². The van der Waals surface area contributed by atoms with Crippen molar-refractivity contribution in [1.82, 2.24) is 4.90 Å². The van der Waals surface area contributed by atoms with E-state index >= 15 is 0 Å². The second kappa shape index (κ2) is 7.85. The van der Waals surface area contributed by atoms with E-state index in [-0.39, 0.29) is 11.9 Å². The van der Waals surface area contributed by atoms with E-state index < -0.39 is 0 Å². The maximum absolute atomic E-state index is 13.7. The molecule has 0 amide bonds. The first kappa shape index (κ1) is 17.0. The Labute approximate surface area is 152 Å². The van der Waals surface area contributed by atoms with Crippen LogP contribution in [0.3, 0.4) is 0 Å². The third kappa shape index (κ3) is 4.22. The molecule has 5 heteroatoms. The zero-order chi connectivity index (χ0) is 17.1. The number of piperidine rings is 1. The van der Waals surface area contributed by atoms with E-state index in [1.54, 1.807) is 12.1 Å². The van der Waals surface area contributed by atoms with Crippen LogP contribution in [0.5, 0.6) is 5.75 Å². The van der Waals surface area contributed by atoms with Gasteiger partial charge in [0.1, 0.15) is 6.10 Å². The highest BCUT2D eigenvalue weighted by molar-refractivity contribution is 7.12. The number of para-hydroxylation sites is 1. The van der Waals surface area contributed by atoms with Gasteiger partial charge in [-0.2, -0.15) is 0 Å². The molecule has 4 rings (SSSR count). The number of rotatable bonds is 5. The lowest BCUT2D eigenvalue weighted by molar-refractivity contribution is 0.0940. The van der Waals surface area contributed by atoms with Crippen LogP contribution in [-0.2, 0) is 11.3 Å². The highest BCUT2D eigenvalue weighted by atomic mass is 32.1. The minimum Gasteiger partial charge on any atom is -0.487 e. The van der Waals surface area contributed by atoms with Gasteiger partial charge in [0.05, 0.1) is 6.10 Å². The van der Waals surface area contributed by atoms with Crippen LogP contribution in [0.4, 0.5) is 4.39 Å². The maximum Gasteiger partial charge on any atom is 0.165 e. The Morgan fingerprint density at radius 1 is 1.12 bits per heavy atom. The normalized spacial score (nSPS) is 22.4. The predicted molar refractivity (Wildman–Crippen MR) is 97.6 cm³/mol. The van der Waals surface area contributed by atoms with Crippen molar-refractivity contribution in [3.8, 4) is 5.75 Å². The maximum atomic E-state index is 13.7. The average Bonchev–Trinajstić information content (AvgIpc) is 3.30. The molecule has 2 aromatic rings. The van der Waals surface area contributed by atoms with E-state index in [2.05, 4.69) is 17.0 Å². The molecule has 0 unspecified atom stereocenters. The quantitative estimate of drug-likeness (QED) is 0.765. The number of thiophene rings is 1. The molecule has 134 valence electrons. The van der Waals surface area contributed by atoms with Crippen molar-refractivity contribution in [2.75, 3.05) is 19.7 Å². The summed E-state index contributed by atoms with van der Waals surface area (Å²) in [6.07, 6.45) is 4.64. The Morgan fingerprint density at radius 3 is 2.72 bits per heavy atom. The minimum atomic E-state index is -0.273. The molecular formula is C20H24FNO2S. The summed E-state index contributed by atoms with van der Waals surface area (Å²) in [5.41, 5.74) is 0. The van der Waals surface area contributed by atoms with Crippen molar-refractivity contribution in [1.29, 1.82) is 0 Å². The summed E-state index contributed by atoms with van der Waals surface area (Å²) >= 11 is 1.88. The van der Waals surface area contributed by atoms with Crippen molar-refractivity contribution < 1.29 is 13.9 Å². The minimum absolute atomic E-state index is 0.110. The predicted octanol–water partition coefficient (Wildman–Crippen LogP) is 4.78. The smallest absolute Gasteiger partial charge is 0.165 e. The van der Waals surface area contributed by atoms with E-state index in [1.165, 1.54) is 22.2 Å². The summed E-state index contributed by atoms with van der Waals surface area (Å²) < 4.78 is 25.3. The molecule has 0 spiro atoms. The van der Waals surface area contributed by atoms with Crippen LogP contribution in [0.2, 0.25) is 0 Å². The highest BCUT2D eigenvalue weighted by Gasteiger charge is 2.23. The molecule has 0 bridgehead atoms. The van der Waals surface area contributed by atoms with E-state index in [1.807, 2.05) is 17.4 Å². The van der Waals surface area contributed by atoms with Gasteiger partial charge in [0, 0.05) is 36.0 Å². The molecule has 0 radical (unpaired) electrons. The first-order chi connectivity index (χ1) is 12.3. The number of ether oxygens (including phenoxy) is 2. The Hall–Kier alpha value is -1.43. The molecule has 0 saturated carbocycles. The van der Waals surface area contributed by atoms with Crippen LogP contribution in [0, 0.1) is 5.82 Å². The van der Waals surface area contributed by atoms with Gasteiger partial charge >= 0.3 is 0 Å². The lowest BCUT2D eigenvalue weighted by Gasteiger charge is -2.31. The van der Waals surface area contributed by atoms with Gasteiger partial charge in [-0.05, 0) is 49.9 Å². The lowest BCUT2D eigenvalue weighted by atomic mass is 10.1. The number of benzene rings is 1. The molecule has 25 heavy (non-hydrogen) atoms. The Morgan fingerprint density at radius 2 is 1.96 bits per heavy atom. The average molecular weight is 361 g/mol. The van der Waals surface area contributed by atoms with Crippen LogP contribution in [0.15, 0.2) is 36.4 Å². The SMILES string of the molecule is Fc1ccccc1OC1CCN(Cc2ccc([C@@H]3CCCO3)s2)CC1. The second-order valence-electron chi connectivity index (χ2n) is 6.83. The van der Waals surface area contributed by atoms with Gasteiger partial charge in [-0.15, -0.1) is 11.3 Å². The van der Waals surface area contributed by atoms with Crippen molar-refractivity contribution in [2.45, 2.75) is 44.4 Å². The van der Waals surface area contributed by atoms with E-state index in [9.17, 15) is 4.39 Å². The van der Waals surface area contributed by atoms with Crippen LogP contribution in [0.25, 0.3) is 0 Å². The third-order valence-electron chi connectivity index (χ3n) is 4.97. The number of hydrogen-bond acceptors (Lipinski definition) is 4. The molecular weight excluding hydrogens is 337 g/mol. The van der Waals surface area contributed by atoms with E-state index in [4.69, 9.17) is 9.47 Å². The molecule has 2 fully saturated rings.